The molecule has 1 N–H and O–H groups in total. The van der Waals surface area contributed by atoms with Crippen molar-refractivity contribution in [2.24, 2.45) is 0 Å². The molecule has 3 heteroatoms. The fourth-order valence-electron chi connectivity index (χ4n) is 1.82. The number of rotatable bonds is 3. The topological polar surface area (TPSA) is 52.9 Å². The predicted octanol–water partition coefficient (Wildman–Crippen LogP) is 3.30. The third-order valence-corrected chi connectivity index (χ3v) is 3.00. The van der Waals surface area contributed by atoms with E-state index in [0.29, 0.717) is 11.3 Å². The van der Waals surface area contributed by atoms with Crippen LogP contribution in [-0.2, 0) is 4.79 Å². The minimum Gasteiger partial charge on any atom is -0.324 e. The first-order valence-electron chi connectivity index (χ1n) is 6.07. The number of hydrogen-bond donors (Lipinski definition) is 1. The second-order valence-electron chi connectivity index (χ2n) is 4.28. The third-order valence-electron chi connectivity index (χ3n) is 3.00. The van der Waals surface area contributed by atoms with Gasteiger partial charge < -0.3 is 5.32 Å². The van der Waals surface area contributed by atoms with Gasteiger partial charge in [0, 0.05) is 0 Å². The normalized spacial score (nSPS) is 11.4. The van der Waals surface area contributed by atoms with Gasteiger partial charge in [-0.2, -0.15) is 5.26 Å². The molecule has 2 aromatic rings. The molecule has 0 aliphatic rings. The summed E-state index contributed by atoms with van der Waals surface area (Å²) in [6, 6.07) is 18.6. The first kappa shape index (κ1) is 12.8. The number of para-hydroxylation sites is 1. The molecule has 0 radical (unpaired) electrons. The molecular weight excluding hydrogens is 236 g/mol. The summed E-state index contributed by atoms with van der Waals surface area (Å²) in [6.45, 7) is 1.85. The van der Waals surface area contributed by atoms with E-state index in [2.05, 4.69) is 11.4 Å². The van der Waals surface area contributed by atoms with E-state index in [1.54, 1.807) is 24.3 Å². The van der Waals surface area contributed by atoms with Crippen LogP contribution in [-0.4, -0.2) is 5.91 Å². The Morgan fingerprint density at radius 2 is 1.74 bits per heavy atom. The number of hydrogen-bond acceptors (Lipinski definition) is 2. The highest BCUT2D eigenvalue weighted by Crippen LogP contribution is 2.19. The molecule has 0 aromatic heterocycles. The molecule has 0 aliphatic carbocycles. The Kier molecular flexibility index (Phi) is 3.94. The van der Waals surface area contributed by atoms with E-state index in [9.17, 15) is 4.79 Å². The first-order chi connectivity index (χ1) is 9.22. The van der Waals surface area contributed by atoms with E-state index in [-0.39, 0.29) is 11.8 Å². The first-order valence-corrected chi connectivity index (χ1v) is 6.07. The molecule has 2 rings (SSSR count). The molecule has 0 heterocycles. The minimum atomic E-state index is -0.257. The predicted molar refractivity (Wildman–Crippen MR) is 74.6 cm³/mol. The quantitative estimate of drug-likeness (QED) is 0.908. The van der Waals surface area contributed by atoms with Gasteiger partial charge in [0.2, 0.25) is 5.91 Å². The van der Waals surface area contributed by atoms with Crippen LogP contribution in [0.25, 0.3) is 0 Å². The fourth-order valence-corrected chi connectivity index (χ4v) is 1.82. The zero-order valence-corrected chi connectivity index (χ0v) is 10.6. The van der Waals surface area contributed by atoms with Gasteiger partial charge in [0.05, 0.1) is 17.2 Å². The van der Waals surface area contributed by atoms with Crippen molar-refractivity contribution in [3.8, 4) is 6.07 Å². The number of benzene rings is 2. The van der Waals surface area contributed by atoms with Crippen LogP contribution in [0.15, 0.2) is 54.6 Å². The lowest BCUT2D eigenvalue weighted by Gasteiger charge is -2.13. The monoisotopic (exact) mass is 250 g/mol. The van der Waals surface area contributed by atoms with Gasteiger partial charge in [-0.25, -0.2) is 0 Å². The van der Waals surface area contributed by atoms with Gasteiger partial charge in [0.1, 0.15) is 6.07 Å². The molecule has 0 saturated carbocycles. The average molecular weight is 250 g/mol. The highest BCUT2D eigenvalue weighted by atomic mass is 16.1. The Bertz CT molecular complexity index is 614. The van der Waals surface area contributed by atoms with Crippen LogP contribution in [0, 0.1) is 11.3 Å². The molecule has 0 fully saturated rings. The Balaban J connectivity index is 2.16. The maximum atomic E-state index is 12.2. The number of carbonyl (C=O) groups is 1. The van der Waals surface area contributed by atoms with Gasteiger partial charge in [-0.15, -0.1) is 0 Å². The maximum Gasteiger partial charge on any atom is 0.231 e. The summed E-state index contributed by atoms with van der Waals surface area (Å²) >= 11 is 0. The van der Waals surface area contributed by atoms with E-state index in [0.717, 1.165) is 5.56 Å². The fraction of sp³-hybridized carbons (Fsp3) is 0.125. The lowest BCUT2D eigenvalue weighted by atomic mass is 10.0. The maximum absolute atomic E-state index is 12.2. The summed E-state index contributed by atoms with van der Waals surface area (Å²) in [6.07, 6.45) is 0. The summed E-state index contributed by atoms with van der Waals surface area (Å²) < 4.78 is 0. The summed E-state index contributed by atoms with van der Waals surface area (Å²) in [5, 5.41) is 11.8. The lowest BCUT2D eigenvalue weighted by Crippen LogP contribution is -2.19. The number of carbonyl (C=O) groups excluding carboxylic acids is 1. The number of nitrogens with zero attached hydrogens (tertiary/aromatic N) is 1. The zero-order valence-electron chi connectivity index (χ0n) is 10.6. The van der Waals surface area contributed by atoms with Crippen molar-refractivity contribution in [1.29, 1.82) is 5.26 Å². The van der Waals surface area contributed by atoms with Gasteiger partial charge >= 0.3 is 0 Å². The summed E-state index contributed by atoms with van der Waals surface area (Å²) in [7, 11) is 0. The van der Waals surface area contributed by atoms with Crippen LogP contribution in [0.2, 0.25) is 0 Å². The van der Waals surface area contributed by atoms with Crippen molar-refractivity contribution in [2.45, 2.75) is 12.8 Å². The molecular formula is C16H14N2O. The van der Waals surface area contributed by atoms with Crippen molar-refractivity contribution >= 4 is 11.6 Å². The Morgan fingerprint density at radius 1 is 1.11 bits per heavy atom. The van der Waals surface area contributed by atoms with Crippen LogP contribution in [0.3, 0.4) is 0 Å². The van der Waals surface area contributed by atoms with Crippen LogP contribution in [0.1, 0.15) is 24.0 Å². The van der Waals surface area contributed by atoms with Crippen molar-refractivity contribution < 1.29 is 4.79 Å². The molecule has 1 atom stereocenters. The Labute approximate surface area is 112 Å². The summed E-state index contributed by atoms with van der Waals surface area (Å²) in [5.74, 6) is -0.373. The van der Waals surface area contributed by atoms with E-state index < -0.39 is 0 Å². The van der Waals surface area contributed by atoms with Crippen molar-refractivity contribution in [2.75, 3.05) is 5.32 Å². The molecule has 0 aliphatic heterocycles. The van der Waals surface area contributed by atoms with Crippen molar-refractivity contribution in [1.82, 2.24) is 0 Å². The second-order valence-corrected chi connectivity index (χ2v) is 4.28. The molecule has 0 spiro atoms. The Hall–Kier alpha value is -2.60. The minimum absolute atomic E-state index is 0.117. The third kappa shape index (κ3) is 2.99. The molecule has 1 amide bonds. The molecule has 0 saturated heterocycles. The molecule has 94 valence electrons. The van der Waals surface area contributed by atoms with Crippen LogP contribution in [0.4, 0.5) is 5.69 Å². The van der Waals surface area contributed by atoms with E-state index in [1.165, 1.54) is 0 Å². The van der Waals surface area contributed by atoms with Crippen LogP contribution < -0.4 is 5.32 Å². The van der Waals surface area contributed by atoms with Gasteiger partial charge in [0.25, 0.3) is 0 Å². The standard InChI is InChI=1S/C16H14N2O/c1-12(13-7-3-2-4-8-13)16(19)18-15-10-6-5-9-14(15)11-17/h2-10,12H,1H3,(H,18,19). The number of anilines is 1. The van der Waals surface area contributed by atoms with Crippen LogP contribution in [0.5, 0.6) is 0 Å². The number of nitriles is 1. The molecule has 1 unspecified atom stereocenters. The number of nitrogens with one attached hydrogen (secondary N) is 1. The highest BCUT2D eigenvalue weighted by molar-refractivity contribution is 5.96. The van der Waals surface area contributed by atoms with E-state index >= 15 is 0 Å². The van der Waals surface area contributed by atoms with Gasteiger partial charge in [-0.3, -0.25) is 4.79 Å². The SMILES string of the molecule is CC(C(=O)Nc1ccccc1C#N)c1ccccc1. The van der Waals surface area contributed by atoms with Crippen molar-refractivity contribution in [3.05, 3.63) is 65.7 Å². The highest BCUT2D eigenvalue weighted by Gasteiger charge is 2.15. The van der Waals surface area contributed by atoms with Gasteiger partial charge in [-0.05, 0) is 24.6 Å². The second kappa shape index (κ2) is 5.83. The Morgan fingerprint density at radius 3 is 2.42 bits per heavy atom. The van der Waals surface area contributed by atoms with Gasteiger partial charge in [0.15, 0.2) is 0 Å². The largest absolute Gasteiger partial charge is 0.324 e. The van der Waals surface area contributed by atoms with E-state index in [4.69, 9.17) is 5.26 Å². The zero-order chi connectivity index (χ0) is 13.7. The molecule has 0 bridgehead atoms. The average Bonchev–Trinajstić information content (AvgIpc) is 2.48. The van der Waals surface area contributed by atoms with Crippen molar-refractivity contribution in [3.63, 3.8) is 0 Å². The smallest absolute Gasteiger partial charge is 0.231 e. The number of amides is 1. The van der Waals surface area contributed by atoms with Gasteiger partial charge in [-0.1, -0.05) is 42.5 Å². The lowest BCUT2D eigenvalue weighted by molar-refractivity contribution is -0.117. The van der Waals surface area contributed by atoms with E-state index in [1.807, 2.05) is 37.3 Å². The molecule has 3 nitrogen and oxygen atoms in total. The summed E-state index contributed by atoms with van der Waals surface area (Å²) in [5.41, 5.74) is 1.98. The molecule has 2 aromatic carbocycles. The molecule has 19 heavy (non-hydrogen) atoms. The summed E-state index contributed by atoms with van der Waals surface area (Å²) in [4.78, 5) is 12.2. The van der Waals surface area contributed by atoms with Crippen LogP contribution >= 0.6 is 0 Å².